The fraction of sp³-hybridized carbons (Fsp3) is 0.333. The molecule has 0 radical (unpaired) electrons. The van der Waals surface area contributed by atoms with Crippen LogP contribution in [0.1, 0.15) is 6.42 Å². The zero-order valence-electron chi connectivity index (χ0n) is 7.46. The van der Waals surface area contributed by atoms with Crippen molar-refractivity contribution in [3.05, 3.63) is 18.2 Å². The van der Waals surface area contributed by atoms with Gasteiger partial charge in [0.05, 0.1) is 6.61 Å². The molecule has 5 heteroatoms. The maximum atomic E-state index is 5.54. The van der Waals surface area contributed by atoms with Crippen molar-refractivity contribution < 1.29 is 14.4 Å². The molecule has 1 heterocycles. The summed E-state index contributed by atoms with van der Waals surface area (Å²) in [4.78, 5) is 10.00. The summed E-state index contributed by atoms with van der Waals surface area (Å²) in [5.74, 6) is 2.47. The monoisotopic (exact) mass is 215 g/mol. The van der Waals surface area contributed by atoms with Gasteiger partial charge in [0, 0.05) is 11.5 Å². The van der Waals surface area contributed by atoms with Crippen molar-refractivity contribution in [2.45, 2.75) is 6.42 Å². The van der Waals surface area contributed by atoms with Crippen LogP contribution >= 0.6 is 11.6 Å². The fourth-order valence-electron chi connectivity index (χ4n) is 1.13. The quantitative estimate of drug-likeness (QED) is 0.615. The maximum absolute atomic E-state index is 5.54. The van der Waals surface area contributed by atoms with Crippen molar-refractivity contribution in [1.82, 2.24) is 5.64 Å². The van der Waals surface area contributed by atoms with Crippen LogP contribution in [-0.2, 0) is 0 Å². The van der Waals surface area contributed by atoms with Crippen LogP contribution in [-0.4, -0.2) is 12.5 Å². The molecule has 0 amide bonds. The van der Waals surface area contributed by atoms with E-state index in [-0.39, 0.29) is 0 Å². The SMILES string of the molecule is ClCCCOc1cccc2c1ONO2. The van der Waals surface area contributed by atoms with E-state index < -0.39 is 0 Å². The number of ether oxygens (including phenoxy) is 1. The summed E-state index contributed by atoms with van der Waals surface area (Å²) in [6, 6.07) is 5.46. The Kier molecular flexibility index (Phi) is 2.96. The minimum absolute atomic E-state index is 0.573. The molecule has 1 aliphatic heterocycles. The van der Waals surface area contributed by atoms with Crippen molar-refractivity contribution in [3.63, 3.8) is 0 Å². The van der Waals surface area contributed by atoms with Crippen LogP contribution in [0.15, 0.2) is 18.2 Å². The molecule has 0 unspecified atom stereocenters. The fourth-order valence-corrected chi connectivity index (χ4v) is 1.24. The zero-order valence-corrected chi connectivity index (χ0v) is 8.21. The Labute approximate surface area is 86.6 Å². The molecule has 4 nitrogen and oxygen atoms in total. The average molecular weight is 216 g/mol. The van der Waals surface area contributed by atoms with Crippen molar-refractivity contribution >= 4 is 11.6 Å². The normalized spacial score (nSPS) is 12.9. The molecule has 2 rings (SSSR count). The molecule has 0 saturated heterocycles. The highest BCUT2D eigenvalue weighted by atomic mass is 35.5. The number of hydrogen-bond acceptors (Lipinski definition) is 4. The summed E-state index contributed by atoms with van der Waals surface area (Å²) >= 11 is 5.54. The Hall–Kier alpha value is -1.13. The van der Waals surface area contributed by atoms with Crippen molar-refractivity contribution in [3.8, 4) is 17.2 Å². The number of para-hydroxylation sites is 1. The van der Waals surface area contributed by atoms with Gasteiger partial charge in [-0.3, -0.25) is 0 Å². The predicted octanol–water partition coefficient (Wildman–Crippen LogP) is 1.89. The third-order valence-electron chi connectivity index (χ3n) is 1.77. The van der Waals surface area contributed by atoms with E-state index in [1.807, 2.05) is 12.1 Å². The predicted molar refractivity (Wildman–Crippen MR) is 51.7 cm³/mol. The van der Waals surface area contributed by atoms with Gasteiger partial charge in [-0.15, -0.1) is 11.6 Å². The highest BCUT2D eigenvalue weighted by molar-refractivity contribution is 6.17. The van der Waals surface area contributed by atoms with Crippen molar-refractivity contribution in [2.24, 2.45) is 0 Å². The molecule has 0 aromatic heterocycles. The minimum atomic E-state index is 0.573. The number of benzene rings is 1. The summed E-state index contributed by atoms with van der Waals surface area (Å²) in [6.07, 6.45) is 0.805. The third-order valence-corrected chi connectivity index (χ3v) is 2.04. The second kappa shape index (κ2) is 4.39. The van der Waals surface area contributed by atoms with Crippen molar-refractivity contribution in [2.75, 3.05) is 12.5 Å². The number of hydrogen-bond donors (Lipinski definition) is 1. The first-order valence-corrected chi connectivity index (χ1v) is 4.86. The van der Waals surface area contributed by atoms with Crippen LogP contribution in [0.4, 0.5) is 0 Å². The summed E-state index contributed by atoms with van der Waals surface area (Å²) in [7, 11) is 0. The lowest BCUT2D eigenvalue weighted by atomic mass is 10.3. The van der Waals surface area contributed by atoms with E-state index in [4.69, 9.17) is 26.0 Å². The third kappa shape index (κ3) is 1.86. The molecule has 0 saturated carbocycles. The van der Waals surface area contributed by atoms with E-state index in [0.29, 0.717) is 29.7 Å². The van der Waals surface area contributed by atoms with Gasteiger partial charge in [-0.1, -0.05) is 6.07 Å². The van der Waals surface area contributed by atoms with Crippen LogP contribution in [0, 0.1) is 0 Å². The largest absolute Gasteiger partial charge is 0.489 e. The smallest absolute Gasteiger partial charge is 0.237 e. The lowest BCUT2D eigenvalue weighted by molar-refractivity contribution is 0.0244. The topological polar surface area (TPSA) is 39.7 Å². The molecule has 76 valence electrons. The summed E-state index contributed by atoms with van der Waals surface area (Å²) < 4.78 is 5.46. The first-order chi connectivity index (χ1) is 6.92. The van der Waals surface area contributed by atoms with Gasteiger partial charge in [-0.05, 0) is 18.6 Å². The van der Waals surface area contributed by atoms with E-state index in [9.17, 15) is 0 Å². The molecular weight excluding hydrogens is 206 g/mol. The molecule has 1 N–H and O–H groups in total. The first kappa shape index (κ1) is 9.43. The number of nitrogens with one attached hydrogen (secondary N) is 1. The van der Waals surface area contributed by atoms with Crippen LogP contribution < -0.4 is 20.1 Å². The second-order valence-electron chi connectivity index (χ2n) is 2.76. The van der Waals surface area contributed by atoms with Gasteiger partial charge in [-0.25, -0.2) is 0 Å². The Bertz CT molecular complexity index is 319. The molecular formula is C9H10ClNO3. The van der Waals surface area contributed by atoms with E-state index in [1.165, 1.54) is 0 Å². The van der Waals surface area contributed by atoms with E-state index in [1.54, 1.807) is 6.07 Å². The van der Waals surface area contributed by atoms with Gasteiger partial charge < -0.3 is 14.4 Å². The van der Waals surface area contributed by atoms with Crippen LogP contribution in [0.2, 0.25) is 0 Å². The molecule has 1 aliphatic rings. The number of halogens is 1. The van der Waals surface area contributed by atoms with Crippen molar-refractivity contribution in [1.29, 1.82) is 0 Å². The Balaban J connectivity index is 2.06. The summed E-state index contributed by atoms with van der Waals surface area (Å²) in [5, 5.41) is 0. The molecule has 14 heavy (non-hydrogen) atoms. The Morgan fingerprint density at radius 3 is 3.14 bits per heavy atom. The number of rotatable bonds is 4. The Morgan fingerprint density at radius 1 is 1.36 bits per heavy atom. The average Bonchev–Trinajstić information content (AvgIpc) is 2.67. The number of alkyl halides is 1. The van der Waals surface area contributed by atoms with Crippen LogP contribution in [0.25, 0.3) is 0 Å². The molecule has 0 bridgehead atoms. The van der Waals surface area contributed by atoms with Gasteiger partial charge in [-0.2, -0.15) is 0 Å². The molecule has 0 fully saturated rings. The standard InChI is InChI=1S/C9H10ClNO3/c10-5-2-6-12-7-3-1-4-8-9(7)14-11-13-8/h1,3-4,11H,2,5-6H2. The Morgan fingerprint density at radius 2 is 2.29 bits per heavy atom. The summed E-state index contributed by atoms with van der Waals surface area (Å²) in [6.45, 7) is 0.573. The molecule has 1 aromatic carbocycles. The van der Waals surface area contributed by atoms with Crippen LogP contribution in [0.3, 0.4) is 0 Å². The van der Waals surface area contributed by atoms with Gasteiger partial charge in [0.1, 0.15) is 0 Å². The first-order valence-electron chi connectivity index (χ1n) is 4.32. The molecule has 1 aromatic rings. The second-order valence-corrected chi connectivity index (χ2v) is 3.14. The van der Waals surface area contributed by atoms with Gasteiger partial charge in [0.25, 0.3) is 0 Å². The number of fused-ring (bicyclic) bond motifs is 1. The maximum Gasteiger partial charge on any atom is 0.237 e. The van der Waals surface area contributed by atoms with Gasteiger partial charge in [0.2, 0.25) is 5.75 Å². The molecule has 0 spiro atoms. The van der Waals surface area contributed by atoms with Gasteiger partial charge >= 0.3 is 0 Å². The highest BCUT2D eigenvalue weighted by Gasteiger charge is 2.18. The van der Waals surface area contributed by atoms with E-state index in [0.717, 1.165) is 6.42 Å². The zero-order chi connectivity index (χ0) is 9.80. The molecule has 0 atom stereocenters. The van der Waals surface area contributed by atoms with E-state index >= 15 is 0 Å². The lowest BCUT2D eigenvalue weighted by Gasteiger charge is -2.06. The van der Waals surface area contributed by atoms with Gasteiger partial charge in [0.15, 0.2) is 11.5 Å². The minimum Gasteiger partial charge on any atom is -0.489 e. The lowest BCUT2D eigenvalue weighted by Crippen LogP contribution is -2.14. The van der Waals surface area contributed by atoms with E-state index in [2.05, 4.69) is 5.64 Å². The van der Waals surface area contributed by atoms with Crippen LogP contribution in [0.5, 0.6) is 17.2 Å². The summed E-state index contributed by atoms with van der Waals surface area (Å²) in [5.41, 5.74) is 2.31. The highest BCUT2D eigenvalue weighted by Crippen LogP contribution is 2.38. The molecule has 0 aliphatic carbocycles.